The van der Waals surface area contributed by atoms with Gasteiger partial charge in [0.25, 0.3) is 5.56 Å². The summed E-state index contributed by atoms with van der Waals surface area (Å²) in [6, 6.07) is 9.98. The molecule has 1 aliphatic heterocycles. The second-order valence-electron chi connectivity index (χ2n) is 7.79. The molecule has 0 saturated carbocycles. The topological polar surface area (TPSA) is 94.3 Å². The molecule has 11 heteroatoms. The summed E-state index contributed by atoms with van der Waals surface area (Å²) in [4.78, 5) is 37.3. The number of piperazine rings is 1. The van der Waals surface area contributed by atoms with Crippen LogP contribution in [-0.2, 0) is 29.0 Å². The molecule has 35 heavy (non-hydrogen) atoms. The van der Waals surface area contributed by atoms with Crippen LogP contribution in [0.4, 0.5) is 5.95 Å². The Morgan fingerprint density at radius 3 is 2.60 bits per heavy atom. The van der Waals surface area contributed by atoms with Gasteiger partial charge in [-0.2, -0.15) is 4.98 Å². The fraction of sp³-hybridized carbons (Fsp3) is 0.417. The highest BCUT2D eigenvalue weighted by atomic mass is 35.5. The Kier molecular flexibility index (Phi) is 9.60. The number of imidazole rings is 1. The van der Waals surface area contributed by atoms with Crippen molar-refractivity contribution in [2.45, 2.75) is 31.6 Å². The van der Waals surface area contributed by atoms with Gasteiger partial charge in [-0.05, 0) is 18.9 Å². The fourth-order valence-electron chi connectivity index (χ4n) is 3.87. The van der Waals surface area contributed by atoms with Gasteiger partial charge in [0.1, 0.15) is 0 Å². The lowest BCUT2D eigenvalue weighted by Crippen LogP contribution is -2.44. The number of anilines is 1. The van der Waals surface area contributed by atoms with Gasteiger partial charge in [-0.3, -0.25) is 18.7 Å². The largest absolute Gasteiger partial charge is 0.468 e. The van der Waals surface area contributed by atoms with Crippen molar-refractivity contribution in [3.63, 3.8) is 0 Å². The maximum atomic E-state index is 13.8. The zero-order valence-corrected chi connectivity index (χ0v) is 21.5. The summed E-state index contributed by atoms with van der Waals surface area (Å²) in [6.45, 7) is 5.83. The maximum absolute atomic E-state index is 13.8. The number of methoxy groups -OCH3 is 1. The normalized spacial score (nSPS) is 13.1. The first-order valence-corrected chi connectivity index (χ1v) is 12.2. The second-order valence-corrected chi connectivity index (χ2v) is 8.73. The third kappa shape index (κ3) is 6.17. The van der Waals surface area contributed by atoms with Gasteiger partial charge in [0.15, 0.2) is 16.3 Å². The van der Waals surface area contributed by atoms with Crippen molar-refractivity contribution < 1.29 is 9.53 Å². The van der Waals surface area contributed by atoms with Crippen molar-refractivity contribution in [2.75, 3.05) is 43.9 Å². The average Bonchev–Trinajstić information content (AvgIpc) is 3.25. The summed E-state index contributed by atoms with van der Waals surface area (Å²) in [7, 11) is 1.35. The Bertz CT molecular complexity index is 1280. The number of carbonyl (C=O) groups excluding carboxylic acids is 1. The molecular formula is C24H29ClN6O3S. The summed E-state index contributed by atoms with van der Waals surface area (Å²) in [5, 5.41) is 3.80. The molecule has 186 valence electrons. The van der Waals surface area contributed by atoms with Crippen LogP contribution in [0.2, 0.25) is 0 Å². The first-order chi connectivity index (χ1) is 16.6. The summed E-state index contributed by atoms with van der Waals surface area (Å²) >= 11 is 1.19. The molecule has 0 radical (unpaired) electrons. The first kappa shape index (κ1) is 26.6. The Labute approximate surface area is 214 Å². The summed E-state index contributed by atoms with van der Waals surface area (Å²) in [6.07, 6.45) is 0.660. The molecule has 4 rings (SSSR count). The number of esters is 1. The number of hydrogen-bond acceptors (Lipinski definition) is 8. The maximum Gasteiger partial charge on any atom is 0.316 e. The van der Waals surface area contributed by atoms with Crippen molar-refractivity contribution in [2.24, 2.45) is 0 Å². The van der Waals surface area contributed by atoms with E-state index in [4.69, 9.17) is 14.7 Å². The minimum Gasteiger partial charge on any atom is -0.468 e. The fourth-order valence-corrected chi connectivity index (χ4v) is 4.72. The van der Waals surface area contributed by atoms with E-state index >= 15 is 0 Å². The van der Waals surface area contributed by atoms with Gasteiger partial charge >= 0.3 is 5.97 Å². The molecule has 2 aromatic heterocycles. The molecular weight excluding hydrogens is 488 g/mol. The van der Waals surface area contributed by atoms with Crippen LogP contribution in [-0.4, -0.2) is 64.1 Å². The van der Waals surface area contributed by atoms with Crippen LogP contribution in [0.5, 0.6) is 0 Å². The standard InChI is InChI=1S/C24H28N6O3S.ClH/c1-3-4-13-29-20-21(26-23(29)28-15-11-25-12-16-28)27-24(34-17-19(31)33-2)30(22(20)32)14-10-18-8-6-5-7-9-18;/h5-9,25H,10-17H2,1-2H3;1H. The monoisotopic (exact) mass is 516 g/mol. The summed E-state index contributed by atoms with van der Waals surface area (Å²) in [5.74, 6) is 6.38. The lowest BCUT2D eigenvalue weighted by molar-refractivity contribution is -0.137. The summed E-state index contributed by atoms with van der Waals surface area (Å²) in [5.41, 5.74) is 1.75. The Hall–Kier alpha value is -3.00. The smallest absolute Gasteiger partial charge is 0.316 e. The van der Waals surface area contributed by atoms with Crippen molar-refractivity contribution in [1.29, 1.82) is 0 Å². The van der Waals surface area contributed by atoms with E-state index in [9.17, 15) is 9.59 Å². The van der Waals surface area contributed by atoms with Crippen molar-refractivity contribution >= 4 is 47.3 Å². The average molecular weight is 517 g/mol. The van der Waals surface area contributed by atoms with Gasteiger partial charge < -0.3 is 15.0 Å². The molecule has 1 fully saturated rings. The van der Waals surface area contributed by atoms with Crippen LogP contribution in [0.3, 0.4) is 0 Å². The van der Waals surface area contributed by atoms with E-state index in [0.717, 1.165) is 31.7 Å². The third-order valence-corrected chi connectivity index (χ3v) is 6.59. The Morgan fingerprint density at radius 2 is 1.91 bits per heavy atom. The molecule has 1 saturated heterocycles. The number of fused-ring (bicyclic) bond motifs is 1. The highest BCUT2D eigenvalue weighted by molar-refractivity contribution is 7.99. The number of aromatic nitrogens is 4. The quantitative estimate of drug-likeness (QED) is 0.210. The van der Waals surface area contributed by atoms with Crippen molar-refractivity contribution in [1.82, 2.24) is 24.4 Å². The molecule has 1 aliphatic rings. The number of hydrogen-bond donors (Lipinski definition) is 1. The molecule has 0 bridgehead atoms. The van der Waals surface area contributed by atoms with Crippen molar-refractivity contribution in [3.05, 3.63) is 46.2 Å². The highest BCUT2D eigenvalue weighted by Gasteiger charge is 2.24. The first-order valence-electron chi connectivity index (χ1n) is 11.2. The van der Waals surface area contributed by atoms with Crippen molar-refractivity contribution in [3.8, 4) is 11.8 Å². The molecule has 0 aliphatic carbocycles. The van der Waals surface area contributed by atoms with Gasteiger partial charge in [-0.1, -0.05) is 48.0 Å². The number of benzene rings is 1. The van der Waals surface area contributed by atoms with Crippen LogP contribution < -0.4 is 15.8 Å². The van der Waals surface area contributed by atoms with E-state index in [1.165, 1.54) is 18.9 Å². The van der Waals surface area contributed by atoms with Crippen LogP contribution in [0, 0.1) is 11.8 Å². The number of nitrogens with one attached hydrogen (secondary N) is 1. The van der Waals surface area contributed by atoms with Gasteiger partial charge in [-0.25, -0.2) is 4.98 Å². The zero-order valence-electron chi connectivity index (χ0n) is 19.8. The van der Waals surface area contributed by atoms with E-state index in [1.807, 2.05) is 34.9 Å². The van der Waals surface area contributed by atoms with E-state index in [1.54, 1.807) is 11.5 Å². The zero-order chi connectivity index (χ0) is 23.9. The number of halogens is 1. The molecule has 0 spiro atoms. The number of nitrogens with zero attached hydrogens (tertiary/aromatic N) is 5. The Morgan fingerprint density at radius 1 is 1.17 bits per heavy atom. The molecule has 3 heterocycles. The van der Waals surface area contributed by atoms with Crippen LogP contribution in [0.1, 0.15) is 12.5 Å². The van der Waals surface area contributed by atoms with Gasteiger partial charge in [0.2, 0.25) is 5.95 Å². The summed E-state index contributed by atoms with van der Waals surface area (Å²) < 4.78 is 8.30. The van der Waals surface area contributed by atoms with Crippen LogP contribution in [0.15, 0.2) is 40.3 Å². The third-order valence-electron chi connectivity index (χ3n) is 5.64. The van der Waals surface area contributed by atoms with E-state index in [2.05, 4.69) is 22.1 Å². The second kappa shape index (κ2) is 12.6. The van der Waals surface area contributed by atoms with E-state index < -0.39 is 0 Å². The lowest BCUT2D eigenvalue weighted by atomic mass is 10.1. The molecule has 9 nitrogen and oxygen atoms in total. The minimum atomic E-state index is -0.376. The number of carbonyl (C=O) groups is 1. The number of ether oxygens (including phenoxy) is 1. The van der Waals surface area contributed by atoms with Gasteiger partial charge in [-0.15, -0.1) is 18.3 Å². The number of aryl methyl sites for hydroxylation is 1. The van der Waals surface area contributed by atoms with Gasteiger partial charge in [0, 0.05) is 32.7 Å². The minimum absolute atomic E-state index is 0. The SMILES string of the molecule is CC#CCn1c(N2CCNCC2)nc2nc(SCC(=O)OC)n(CCc3ccccc3)c(=O)c21.Cl. The van der Waals surface area contributed by atoms with E-state index in [-0.39, 0.29) is 29.7 Å². The molecule has 0 atom stereocenters. The molecule has 0 unspecified atom stereocenters. The van der Waals surface area contributed by atoms with E-state index in [0.29, 0.717) is 41.8 Å². The Balaban J connectivity index is 0.00000342. The molecule has 1 N–H and O–H groups in total. The number of thioether (sulfide) groups is 1. The van der Waals surface area contributed by atoms with Crippen LogP contribution in [0.25, 0.3) is 11.2 Å². The predicted molar refractivity (Wildman–Crippen MR) is 140 cm³/mol. The number of rotatable bonds is 8. The molecule has 3 aromatic rings. The lowest BCUT2D eigenvalue weighted by Gasteiger charge is -2.28. The highest BCUT2D eigenvalue weighted by Crippen LogP contribution is 2.23. The predicted octanol–water partition coefficient (Wildman–Crippen LogP) is 1.96. The molecule has 0 amide bonds. The molecule has 1 aromatic carbocycles. The van der Waals surface area contributed by atoms with Gasteiger partial charge in [0.05, 0.1) is 19.4 Å². The van der Waals surface area contributed by atoms with Crippen LogP contribution >= 0.6 is 24.2 Å².